The zero-order chi connectivity index (χ0) is 63.8. The average molecular weight is 1360 g/mol. The maximum Gasteiger partial charge on any atom is 0.647 e. The SMILES string of the molecule is O=P(Oc1ccccc1)(Oc1ccccc1)Oc1ccccc1.O=P(Oc1ccccc1)(Oc1ccccc1)Oc1ccccc1.O=P(Oc1ccccc1)(Oc1ccccc1)Oc1ccccc1.O=P(Oc1ccccc1)(Oc1ccccc1)Oc1ccccc1.[Ni]. The van der Waals surface area contributed by atoms with E-state index in [-0.39, 0.29) is 16.5 Å². The largest absolute Gasteiger partial charge is 0.647 e. The summed E-state index contributed by atoms with van der Waals surface area (Å²) in [6.45, 7) is 0. The van der Waals surface area contributed by atoms with Gasteiger partial charge in [-0.05, 0) is 146 Å². The molecule has 0 unspecified atom stereocenters. The van der Waals surface area contributed by atoms with E-state index in [1.807, 2.05) is 72.8 Å². The normalized spacial score (nSPS) is 10.7. The minimum absolute atomic E-state index is 0. The molecule has 0 bridgehead atoms. The van der Waals surface area contributed by atoms with Gasteiger partial charge in [0.15, 0.2) is 0 Å². The van der Waals surface area contributed by atoms with E-state index in [1.54, 1.807) is 291 Å². The first-order valence-electron chi connectivity index (χ1n) is 28.3. The van der Waals surface area contributed by atoms with Crippen LogP contribution in [0.25, 0.3) is 0 Å². The molecule has 12 rings (SSSR count). The Balaban J connectivity index is 0.000000159. The molecule has 0 radical (unpaired) electrons. The average Bonchev–Trinajstić information content (AvgIpc) is 1.66. The Morgan fingerprint density at radius 3 is 0.258 bits per heavy atom. The quantitative estimate of drug-likeness (QED) is 0.0411. The van der Waals surface area contributed by atoms with Gasteiger partial charge in [0, 0.05) is 16.5 Å². The molecule has 12 aromatic carbocycles. The summed E-state index contributed by atoms with van der Waals surface area (Å²) in [7, 11) is -15.5. The second-order valence-electron chi connectivity index (χ2n) is 18.6. The molecule has 474 valence electrons. The summed E-state index contributed by atoms with van der Waals surface area (Å²) in [6, 6.07) is 105. The molecule has 0 atom stereocenters. The van der Waals surface area contributed by atoms with Crippen LogP contribution in [0.1, 0.15) is 0 Å². The molecule has 0 N–H and O–H groups in total. The van der Waals surface area contributed by atoms with Crippen molar-refractivity contribution in [2.24, 2.45) is 0 Å². The summed E-state index contributed by atoms with van der Waals surface area (Å²) < 4.78 is 118. The Kier molecular flexibility index (Phi) is 26.5. The number of hydrogen-bond acceptors (Lipinski definition) is 16. The molecule has 0 amide bonds. The summed E-state index contributed by atoms with van der Waals surface area (Å²) in [6.07, 6.45) is 0. The van der Waals surface area contributed by atoms with Crippen molar-refractivity contribution in [2.75, 3.05) is 0 Å². The summed E-state index contributed by atoms with van der Waals surface area (Å²) in [5, 5.41) is 0. The molecule has 93 heavy (non-hydrogen) atoms. The fraction of sp³-hybridized carbons (Fsp3) is 0. The summed E-state index contributed by atoms with van der Waals surface area (Å²) in [5.41, 5.74) is 0. The molecule has 0 aliphatic carbocycles. The molecular weight excluding hydrogens is 1300 g/mol. The summed E-state index contributed by atoms with van der Waals surface area (Å²) >= 11 is 0. The van der Waals surface area contributed by atoms with Crippen LogP contribution in [0.2, 0.25) is 0 Å². The second-order valence-corrected chi connectivity index (χ2v) is 24.4. The Hall–Kier alpha value is -10.3. The van der Waals surface area contributed by atoms with Gasteiger partial charge in [-0.2, -0.15) is 18.3 Å². The van der Waals surface area contributed by atoms with Crippen LogP contribution in [0.4, 0.5) is 0 Å². The van der Waals surface area contributed by atoms with E-state index in [9.17, 15) is 18.3 Å². The molecule has 16 nitrogen and oxygen atoms in total. The molecule has 0 spiro atoms. The van der Waals surface area contributed by atoms with Gasteiger partial charge in [-0.15, -0.1) is 0 Å². The Morgan fingerprint density at radius 2 is 0.194 bits per heavy atom. The van der Waals surface area contributed by atoms with Crippen LogP contribution in [0.15, 0.2) is 364 Å². The van der Waals surface area contributed by atoms with Crippen LogP contribution in [0.3, 0.4) is 0 Å². The van der Waals surface area contributed by atoms with Gasteiger partial charge < -0.3 is 54.3 Å². The van der Waals surface area contributed by atoms with E-state index >= 15 is 0 Å². The number of benzene rings is 12. The van der Waals surface area contributed by atoms with Crippen molar-refractivity contribution in [3.05, 3.63) is 364 Å². The Bertz CT molecular complexity index is 3230. The van der Waals surface area contributed by atoms with Crippen molar-refractivity contribution in [2.45, 2.75) is 0 Å². The van der Waals surface area contributed by atoms with Crippen LogP contribution in [-0.4, -0.2) is 0 Å². The Labute approximate surface area is 550 Å². The van der Waals surface area contributed by atoms with Gasteiger partial charge in [0.1, 0.15) is 69.0 Å². The molecule has 21 heteroatoms. The van der Waals surface area contributed by atoms with Crippen LogP contribution >= 0.6 is 31.3 Å². The van der Waals surface area contributed by atoms with E-state index in [0.717, 1.165) is 0 Å². The minimum atomic E-state index is -3.89. The molecule has 0 aromatic heterocycles. The standard InChI is InChI=1S/4C18H15O4P.Ni/c4*19-23(20-16-10-4-1-5-11-16,21-17-12-6-2-7-13-17)22-18-14-8-3-9-15-18;/h4*1-15H;. The van der Waals surface area contributed by atoms with Crippen molar-refractivity contribution in [3.63, 3.8) is 0 Å². The minimum Gasteiger partial charge on any atom is -0.386 e. The van der Waals surface area contributed by atoms with Crippen molar-refractivity contribution in [1.29, 1.82) is 0 Å². The molecule has 0 fully saturated rings. The topological polar surface area (TPSA) is 179 Å². The van der Waals surface area contributed by atoms with Crippen LogP contribution in [0, 0.1) is 0 Å². The molecule has 0 saturated heterocycles. The predicted molar refractivity (Wildman–Crippen MR) is 355 cm³/mol. The number of phosphoric acid groups is 4. The molecule has 0 heterocycles. The first kappa shape index (κ1) is 68.6. The van der Waals surface area contributed by atoms with Crippen molar-refractivity contribution < 1.29 is 89.0 Å². The van der Waals surface area contributed by atoms with Crippen LogP contribution in [-0.2, 0) is 34.8 Å². The second kappa shape index (κ2) is 35.9. The van der Waals surface area contributed by atoms with Gasteiger partial charge in [0.2, 0.25) is 0 Å². The molecular formula is C72H60NiO16P4. The van der Waals surface area contributed by atoms with Crippen molar-refractivity contribution in [3.8, 4) is 69.0 Å². The monoisotopic (exact) mass is 1360 g/mol. The maximum atomic E-state index is 13.1. The van der Waals surface area contributed by atoms with E-state index in [1.165, 1.54) is 0 Å². The molecule has 12 aromatic rings. The fourth-order valence-electron chi connectivity index (χ4n) is 7.55. The third-order valence-electron chi connectivity index (χ3n) is 11.5. The number of para-hydroxylation sites is 12. The molecule has 0 saturated carbocycles. The zero-order valence-corrected chi connectivity index (χ0v) is 53.8. The van der Waals surface area contributed by atoms with Crippen molar-refractivity contribution in [1.82, 2.24) is 0 Å². The van der Waals surface area contributed by atoms with E-state index in [0.29, 0.717) is 69.0 Å². The van der Waals surface area contributed by atoms with Gasteiger partial charge in [0.25, 0.3) is 0 Å². The summed E-state index contributed by atoms with van der Waals surface area (Å²) in [5.74, 6) is 4.86. The number of phosphoric ester groups is 4. The molecule has 0 aliphatic heterocycles. The zero-order valence-electron chi connectivity index (χ0n) is 49.3. The van der Waals surface area contributed by atoms with Crippen LogP contribution < -0.4 is 54.3 Å². The van der Waals surface area contributed by atoms with Gasteiger partial charge >= 0.3 is 31.3 Å². The van der Waals surface area contributed by atoms with Gasteiger partial charge in [-0.3, -0.25) is 0 Å². The van der Waals surface area contributed by atoms with Gasteiger partial charge in [-0.1, -0.05) is 218 Å². The predicted octanol–water partition coefficient (Wildman–Crippen LogP) is 21.3. The maximum absolute atomic E-state index is 13.1. The van der Waals surface area contributed by atoms with Gasteiger partial charge in [-0.25, -0.2) is 0 Å². The summed E-state index contributed by atoms with van der Waals surface area (Å²) in [4.78, 5) is 0. The first-order chi connectivity index (χ1) is 44.9. The third kappa shape index (κ3) is 24.4. The van der Waals surface area contributed by atoms with Crippen molar-refractivity contribution >= 4 is 31.3 Å². The Morgan fingerprint density at radius 1 is 0.129 bits per heavy atom. The number of rotatable bonds is 24. The van der Waals surface area contributed by atoms with E-state index in [4.69, 9.17) is 54.3 Å². The fourth-order valence-corrected chi connectivity index (χ4v) is 12.6. The van der Waals surface area contributed by atoms with Gasteiger partial charge in [0.05, 0.1) is 0 Å². The number of hydrogen-bond donors (Lipinski definition) is 0. The van der Waals surface area contributed by atoms with Crippen LogP contribution in [0.5, 0.6) is 69.0 Å². The smallest absolute Gasteiger partial charge is 0.386 e. The molecule has 0 aliphatic rings. The van der Waals surface area contributed by atoms with E-state index < -0.39 is 31.3 Å². The third-order valence-corrected chi connectivity index (χ3v) is 16.7. The first-order valence-corrected chi connectivity index (χ1v) is 34.1. The van der Waals surface area contributed by atoms with E-state index in [2.05, 4.69) is 0 Å².